The number of halogens is 1. The van der Waals surface area contributed by atoms with Gasteiger partial charge in [0.05, 0.1) is 26.7 Å². The number of carbonyl (C=O) groups is 2. The number of ketones is 2. The molecule has 194 valence electrons. The minimum Gasteiger partial charge on any atom is -0.493 e. The number of hydrogen-bond acceptors (Lipinski definition) is 8. The third kappa shape index (κ3) is 8.96. The predicted molar refractivity (Wildman–Crippen MR) is 150 cm³/mol. The lowest BCUT2D eigenvalue weighted by atomic mass is 9.93. The lowest BCUT2D eigenvalue weighted by molar-refractivity contribution is -0.127. The molecule has 0 heterocycles. The first kappa shape index (κ1) is 29.3. The zero-order valence-electron chi connectivity index (χ0n) is 20.6. The van der Waals surface area contributed by atoms with Gasteiger partial charge < -0.3 is 30.4 Å². The van der Waals surface area contributed by atoms with E-state index in [4.69, 9.17) is 30.4 Å². The van der Waals surface area contributed by atoms with Crippen molar-refractivity contribution < 1.29 is 28.5 Å². The fourth-order valence-corrected chi connectivity index (χ4v) is 3.54. The average molecular weight is 608 g/mol. The molecule has 9 heteroatoms. The normalized spacial score (nSPS) is 12.0. The molecule has 0 aromatic heterocycles. The average Bonchev–Trinajstić information content (AvgIpc) is 2.90. The highest BCUT2D eigenvalue weighted by Crippen LogP contribution is 2.30. The molecule has 2 aromatic carbocycles. The molecule has 2 aromatic rings. The maximum Gasteiger partial charge on any atom is 0.166 e. The maximum atomic E-state index is 12.9. The van der Waals surface area contributed by atoms with Gasteiger partial charge in [0.25, 0.3) is 0 Å². The van der Waals surface area contributed by atoms with Gasteiger partial charge in [0.15, 0.2) is 34.6 Å². The van der Waals surface area contributed by atoms with Crippen LogP contribution in [0.25, 0.3) is 12.2 Å². The van der Waals surface area contributed by atoms with Crippen molar-refractivity contribution in [3.8, 4) is 23.0 Å². The summed E-state index contributed by atoms with van der Waals surface area (Å²) in [5.74, 6) is 0.779. The second-order valence-corrected chi connectivity index (χ2v) is 8.68. The van der Waals surface area contributed by atoms with Gasteiger partial charge in [-0.05, 0) is 60.5 Å². The molecule has 0 aliphatic rings. The molecule has 2 rings (SSSR count). The van der Waals surface area contributed by atoms with E-state index in [2.05, 4.69) is 22.6 Å². The zero-order valence-corrected chi connectivity index (χ0v) is 22.7. The van der Waals surface area contributed by atoms with E-state index in [1.807, 2.05) is 6.07 Å². The maximum absolute atomic E-state index is 12.9. The van der Waals surface area contributed by atoms with Gasteiger partial charge in [-0.25, -0.2) is 0 Å². The summed E-state index contributed by atoms with van der Waals surface area (Å²) in [5, 5.41) is 0. The number of benzene rings is 2. The summed E-state index contributed by atoms with van der Waals surface area (Å²) in [7, 11) is 3.12. The Morgan fingerprint density at radius 2 is 1.31 bits per heavy atom. The molecule has 0 amide bonds. The number of rotatable bonds is 16. The molecule has 1 unspecified atom stereocenters. The Balaban J connectivity index is 2.16. The van der Waals surface area contributed by atoms with Gasteiger partial charge in [-0.15, -0.1) is 0 Å². The first-order valence-corrected chi connectivity index (χ1v) is 13.0. The molecule has 0 saturated heterocycles. The van der Waals surface area contributed by atoms with Gasteiger partial charge in [-0.1, -0.05) is 46.9 Å². The summed E-state index contributed by atoms with van der Waals surface area (Å²) in [4.78, 5) is 25.8. The van der Waals surface area contributed by atoms with Crippen molar-refractivity contribution in [2.45, 2.75) is 6.42 Å². The van der Waals surface area contributed by atoms with Crippen LogP contribution in [-0.4, -0.2) is 56.5 Å². The third-order valence-corrected chi connectivity index (χ3v) is 5.55. The molecule has 1 atom stereocenters. The molecule has 4 N–H and O–H groups in total. The highest BCUT2D eigenvalue weighted by atomic mass is 127. The minimum atomic E-state index is -0.873. The molecule has 0 aliphatic carbocycles. The van der Waals surface area contributed by atoms with Gasteiger partial charge in [-0.2, -0.15) is 0 Å². The molecule has 0 bridgehead atoms. The fraction of sp³-hybridized carbons (Fsp3) is 0.333. The van der Waals surface area contributed by atoms with Gasteiger partial charge in [0, 0.05) is 11.0 Å². The van der Waals surface area contributed by atoms with Crippen LogP contribution >= 0.6 is 22.6 Å². The molecule has 0 saturated carbocycles. The van der Waals surface area contributed by atoms with Crippen molar-refractivity contribution in [3.05, 3.63) is 59.7 Å². The first-order valence-electron chi connectivity index (χ1n) is 11.5. The number of alkyl halides is 1. The van der Waals surface area contributed by atoms with Crippen molar-refractivity contribution in [3.63, 3.8) is 0 Å². The van der Waals surface area contributed by atoms with Crippen molar-refractivity contribution in [2.24, 2.45) is 17.4 Å². The van der Waals surface area contributed by atoms with E-state index in [1.54, 1.807) is 56.7 Å². The SMILES string of the molecule is COc1ccc(/C=C/C(=O)C(CCN)C(=O)/C=C/c2ccc(OC)c(OCCI)c2)cc1OCCN. The highest BCUT2D eigenvalue weighted by molar-refractivity contribution is 14.1. The lowest BCUT2D eigenvalue weighted by Crippen LogP contribution is -2.24. The lowest BCUT2D eigenvalue weighted by Gasteiger charge is -2.11. The van der Waals surface area contributed by atoms with Crippen LogP contribution in [0.5, 0.6) is 23.0 Å². The summed E-state index contributed by atoms with van der Waals surface area (Å²) < 4.78 is 22.8. The standard InChI is InChI=1S/C27H33IN2O6/c1-33-24-9-5-19(17-26(24)35-15-12-28)3-7-22(31)21(11-13-29)23(32)8-4-20-6-10-25(34-2)27(18-20)36-16-14-30/h3-10,17-18,21H,11-16,29-30H2,1-2H3/b7-3+,8-4+. The van der Waals surface area contributed by atoms with Crippen LogP contribution in [-0.2, 0) is 9.59 Å². The number of methoxy groups -OCH3 is 2. The van der Waals surface area contributed by atoms with E-state index in [0.717, 1.165) is 15.6 Å². The van der Waals surface area contributed by atoms with Crippen LogP contribution in [0.4, 0.5) is 0 Å². The summed E-state index contributed by atoms with van der Waals surface area (Å²) in [6, 6.07) is 10.7. The number of allylic oxidation sites excluding steroid dienone is 2. The van der Waals surface area contributed by atoms with Crippen molar-refractivity contribution in [2.75, 3.05) is 45.0 Å². The second-order valence-electron chi connectivity index (χ2n) is 7.60. The summed E-state index contributed by atoms with van der Waals surface area (Å²) >= 11 is 2.22. The quantitative estimate of drug-likeness (QED) is 0.128. The van der Waals surface area contributed by atoms with Crippen LogP contribution in [0.3, 0.4) is 0 Å². The predicted octanol–water partition coefficient (Wildman–Crippen LogP) is 3.68. The molecule has 0 radical (unpaired) electrons. The van der Waals surface area contributed by atoms with Crippen molar-refractivity contribution >= 4 is 46.3 Å². The van der Waals surface area contributed by atoms with E-state index < -0.39 is 5.92 Å². The zero-order chi connectivity index (χ0) is 26.3. The largest absolute Gasteiger partial charge is 0.493 e. The molecule has 36 heavy (non-hydrogen) atoms. The van der Waals surface area contributed by atoms with Crippen LogP contribution < -0.4 is 30.4 Å². The van der Waals surface area contributed by atoms with E-state index in [-0.39, 0.29) is 24.5 Å². The first-order chi connectivity index (χ1) is 17.5. The summed E-state index contributed by atoms with van der Waals surface area (Å²) in [6.07, 6.45) is 6.33. The Labute approximate surface area is 225 Å². The Morgan fingerprint density at radius 1 is 0.806 bits per heavy atom. The van der Waals surface area contributed by atoms with Crippen LogP contribution in [0.1, 0.15) is 17.5 Å². The van der Waals surface area contributed by atoms with Crippen LogP contribution in [0.2, 0.25) is 0 Å². The van der Waals surface area contributed by atoms with Crippen LogP contribution in [0, 0.1) is 5.92 Å². The Morgan fingerprint density at radius 3 is 1.72 bits per heavy atom. The smallest absolute Gasteiger partial charge is 0.166 e. The van der Waals surface area contributed by atoms with Crippen LogP contribution in [0.15, 0.2) is 48.6 Å². The molecular weight excluding hydrogens is 575 g/mol. The van der Waals surface area contributed by atoms with Crippen molar-refractivity contribution in [1.29, 1.82) is 0 Å². The van der Waals surface area contributed by atoms with E-state index in [1.165, 1.54) is 12.2 Å². The molecule has 0 aliphatic heterocycles. The summed E-state index contributed by atoms with van der Waals surface area (Å²) in [5.41, 5.74) is 12.7. The van der Waals surface area contributed by atoms with Gasteiger partial charge in [0.1, 0.15) is 6.61 Å². The Bertz CT molecular complexity index is 989. The molecule has 0 spiro atoms. The van der Waals surface area contributed by atoms with E-state index in [0.29, 0.717) is 42.8 Å². The van der Waals surface area contributed by atoms with Gasteiger partial charge >= 0.3 is 0 Å². The minimum absolute atomic E-state index is 0.209. The number of hydrogen-bond donors (Lipinski definition) is 2. The Kier molecular flexibility index (Phi) is 13.0. The molecular formula is C27H33IN2O6. The highest BCUT2D eigenvalue weighted by Gasteiger charge is 2.22. The topological polar surface area (TPSA) is 123 Å². The number of nitrogens with two attached hydrogens (primary N) is 2. The molecule has 8 nitrogen and oxygen atoms in total. The van der Waals surface area contributed by atoms with Gasteiger partial charge in [-0.3, -0.25) is 9.59 Å². The van der Waals surface area contributed by atoms with E-state index in [9.17, 15) is 9.59 Å². The monoisotopic (exact) mass is 608 g/mol. The number of ether oxygens (including phenoxy) is 4. The molecule has 0 fully saturated rings. The van der Waals surface area contributed by atoms with Gasteiger partial charge in [0.2, 0.25) is 0 Å². The van der Waals surface area contributed by atoms with E-state index >= 15 is 0 Å². The summed E-state index contributed by atoms with van der Waals surface area (Å²) in [6.45, 7) is 1.45. The third-order valence-electron chi connectivity index (χ3n) is 5.11. The van der Waals surface area contributed by atoms with Crippen molar-refractivity contribution in [1.82, 2.24) is 0 Å². The fourth-order valence-electron chi connectivity index (χ4n) is 3.32. The number of carbonyl (C=O) groups excluding carboxylic acids is 2. The Hall–Kier alpha value is -2.89. The second kappa shape index (κ2) is 16.0.